The third-order valence-electron chi connectivity index (χ3n) is 2.06. The predicted molar refractivity (Wildman–Crippen MR) is 66.1 cm³/mol. The Morgan fingerprint density at radius 3 is 2.78 bits per heavy atom. The van der Waals surface area contributed by atoms with E-state index in [2.05, 4.69) is 25.3 Å². The number of aliphatic hydroxyl groups is 1. The first kappa shape index (κ1) is 12.2. The van der Waals surface area contributed by atoms with Gasteiger partial charge in [-0.25, -0.2) is 4.98 Å². The fourth-order valence-electron chi connectivity index (χ4n) is 1.25. The average Bonchev–Trinajstić information content (AvgIpc) is 2.78. The van der Waals surface area contributed by atoms with Crippen LogP contribution in [0.2, 0.25) is 0 Å². The quantitative estimate of drug-likeness (QED) is 0.688. The molecule has 2 aromatic rings. The summed E-state index contributed by atoms with van der Waals surface area (Å²) in [5, 5.41) is 12.5. The lowest BCUT2D eigenvalue weighted by molar-refractivity contribution is 0.0943. The molecule has 0 aromatic carbocycles. The molecule has 0 aliphatic heterocycles. The normalized spacial score (nSPS) is 11.5. The molecule has 0 saturated heterocycles. The summed E-state index contributed by atoms with van der Waals surface area (Å²) in [6.07, 6.45) is 4.88. The summed E-state index contributed by atoms with van der Waals surface area (Å²) < 4.78 is 1.62. The summed E-state index contributed by atoms with van der Waals surface area (Å²) in [4.78, 5) is 16.0. The Bertz CT molecular complexity index is 518. The van der Waals surface area contributed by atoms with Crippen molar-refractivity contribution in [2.45, 2.75) is 19.4 Å². The van der Waals surface area contributed by atoms with Crippen LogP contribution in [0.4, 0.5) is 11.9 Å². The van der Waals surface area contributed by atoms with Crippen LogP contribution >= 0.6 is 0 Å². The van der Waals surface area contributed by atoms with Crippen molar-refractivity contribution in [2.24, 2.45) is 0 Å². The van der Waals surface area contributed by atoms with Crippen molar-refractivity contribution < 1.29 is 5.11 Å². The molecule has 18 heavy (non-hydrogen) atoms. The van der Waals surface area contributed by atoms with Gasteiger partial charge in [0.2, 0.25) is 17.8 Å². The van der Waals surface area contributed by atoms with Gasteiger partial charge in [-0.05, 0) is 13.8 Å². The molecule has 8 nitrogen and oxygen atoms in total. The van der Waals surface area contributed by atoms with Crippen LogP contribution in [0.5, 0.6) is 0 Å². The number of nitrogens with two attached hydrogens (primary N) is 1. The minimum absolute atomic E-state index is 0.104. The smallest absolute Gasteiger partial charge is 0.241 e. The van der Waals surface area contributed by atoms with E-state index >= 15 is 0 Å². The van der Waals surface area contributed by atoms with Gasteiger partial charge >= 0.3 is 0 Å². The summed E-state index contributed by atoms with van der Waals surface area (Å²) >= 11 is 0. The van der Waals surface area contributed by atoms with E-state index < -0.39 is 5.60 Å². The summed E-state index contributed by atoms with van der Waals surface area (Å²) in [5.74, 6) is 0.790. The number of imidazole rings is 1. The van der Waals surface area contributed by atoms with Crippen molar-refractivity contribution in [3.63, 3.8) is 0 Å². The molecule has 4 N–H and O–H groups in total. The van der Waals surface area contributed by atoms with Crippen molar-refractivity contribution in [3.8, 4) is 5.95 Å². The highest BCUT2D eigenvalue weighted by Crippen LogP contribution is 2.08. The highest BCUT2D eigenvalue weighted by Gasteiger charge is 2.13. The third-order valence-corrected chi connectivity index (χ3v) is 2.06. The van der Waals surface area contributed by atoms with Crippen LogP contribution in [0.1, 0.15) is 13.8 Å². The monoisotopic (exact) mass is 249 g/mol. The van der Waals surface area contributed by atoms with Crippen molar-refractivity contribution in [2.75, 3.05) is 17.6 Å². The van der Waals surface area contributed by atoms with Gasteiger partial charge in [-0.15, -0.1) is 0 Å². The molecule has 0 bridgehead atoms. The van der Waals surface area contributed by atoms with Crippen molar-refractivity contribution in [1.82, 2.24) is 24.5 Å². The third kappa shape index (κ3) is 3.14. The van der Waals surface area contributed by atoms with E-state index in [1.165, 1.54) is 0 Å². The van der Waals surface area contributed by atoms with Gasteiger partial charge in [-0.3, -0.25) is 4.57 Å². The Balaban J connectivity index is 2.22. The van der Waals surface area contributed by atoms with Gasteiger partial charge in [-0.1, -0.05) is 0 Å². The van der Waals surface area contributed by atoms with Gasteiger partial charge < -0.3 is 16.2 Å². The highest BCUT2D eigenvalue weighted by molar-refractivity contribution is 5.35. The van der Waals surface area contributed by atoms with E-state index in [-0.39, 0.29) is 5.95 Å². The van der Waals surface area contributed by atoms with Gasteiger partial charge in [-0.2, -0.15) is 15.0 Å². The Kier molecular flexibility index (Phi) is 3.11. The van der Waals surface area contributed by atoms with E-state index in [1.807, 2.05) is 0 Å². The molecule has 8 heteroatoms. The number of rotatable bonds is 4. The lowest BCUT2D eigenvalue weighted by Crippen LogP contribution is -2.30. The maximum Gasteiger partial charge on any atom is 0.241 e. The minimum Gasteiger partial charge on any atom is -0.389 e. The van der Waals surface area contributed by atoms with Crippen LogP contribution in [0, 0.1) is 0 Å². The summed E-state index contributed by atoms with van der Waals surface area (Å²) in [6.45, 7) is 3.67. The van der Waals surface area contributed by atoms with Crippen LogP contribution in [0.25, 0.3) is 5.95 Å². The molecule has 0 aliphatic carbocycles. The first-order valence-corrected chi connectivity index (χ1v) is 5.40. The Labute approximate surface area is 104 Å². The van der Waals surface area contributed by atoms with E-state index in [9.17, 15) is 5.11 Å². The number of hydrogen-bond acceptors (Lipinski definition) is 7. The number of nitrogens with one attached hydrogen (secondary N) is 1. The van der Waals surface area contributed by atoms with E-state index in [0.717, 1.165) is 0 Å². The summed E-state index contributed by atoms with van der Waals surface area (Å²) in [5.41, 5.74) is 4.74. The van der Waals surface area contributed by atoms with E-state index in [0.29, 0.717) is 18.4 Å². The topological polar surface area (TPSA) is 115 Å². The molecule has 0 aliphatic rings. The number of nitrogen functional groups attached to an aromatic ring is 1. The zero-order chi connectivity index (χ0) is 13.2. The maximum atomic E-state index is 9.62. The van der Waals surface area contributed by atoms with Crippen LogP contribution in [-0.2, 0) is 0 Å². The second-order valence-corrected chi connectivity index (χ2v) is 4.45. The van der Waals surface area contributed by atoms with E-state index in [1.54, 1.807) is 37.1 Å². The molecule has 2 heterocycles. The molecule has 2 rings (SSSR count). The number of anilines is 2. The maximum absolute atomic E-state index is 9.62. The molecule has 0 atom stereocenters. The average molecular weight is 249 g/mol. The lowest BCUT2D eigenvalue weighted by Gasteiger charge is -2.17. The SMILES string of the molecule is CC(C)(O)CNc1nc(N)nc(-n2ccnc2)n1. The van der Waals surface area contributed by atoms with Crippen molar-refractivity contribution in [1.29, 1.82) is 0 Å². The first-order chi connectivity index (χ1) is 8.44. The Morgan fingerprint density at radius 1 is 1.39 bits per heavy atom. The minimum atomic E-state index is -0.865. The second-order valence-electron chi connectivity index (χ2n) is 4.45. The van der Waals surface area contributed by atoms with Crippen LogP contribution < -0.4 is 11.1 Å². The second kappa shape index (κ2) is 4.57. The van der Waals surface area contributed by atoms with Gasteiger partial charge in [0.25, 0.3) is 0 Å². The molecule has 0 unspecified atom stereocenters. The molecule has 0 saturated carbocycles. The van der Waals surface area contributed by atoms with Crippen molar-refractivity contribution >= 4 is 11.9 Å². The highest BCUT2D eigenvalue weighted by atomic mass is 16.3. The molecular weight excluding hydrogens is 234 g/mol. The molecule has 2 aromatic heterocycles. The molecule has 0 radical (unpaired) electrons. The molecular formula is C10H15N7O. The summed E-state index contributed by atoms with van der Waals surface area (Å²) in [6, 6.07) is 0. The Morgan fingerprint density at radius 2 is 2.17 bits per heavy atom. The summed E-state index contributed by atoms with van der Waals surface area (Å²) in [7, 11) is 0. The number of nitrogens with zero attached hydrogens (tertiary/aromatic N) is 5. The lowest BCUT2D eigenvalue weighted by atomic mass is 10.1. The van der Waals surface area contributed by atoms with E-state index in [4.69, 9.17) is 5.73 Å². The van der Waals surface area contributed by atoms with Gasteiger partial charge in [0, 0.05) is 18.9 Å². The fourth-order valence-corrected chi connectivity index (χ4v) is 1.25. The van der Waals surface area contributed by atoms with Gasteiger partial charge in [0.05, 0.1) is 5.60 Å². The fraction of sp³-hybridized carbons (Fsp3) is 0.400. The molecule has 0 spiro atoms. The largest absolute Gasteiger partial charge is 0.389 e. The van der Waals surface area contributed by atoms with Gasteiger partial charge in [0.15, 0.2) is 0 Å². The zero-order valence-electron chi connectivity index (χ0n) is 10.2. The Hall–Kier alpha value is -2.22. The number of hydrogen-bond donors (Lipinski definition) is 3. The van der Waals surface area contributed by atoms with Gasteiger partial charge in [0.1, 0.15) is 6.33 Å². The first-order valence-electron chi connectivity index (χ1n) is 5.40. The molecule has 96 valence electrons. The van der Waals surface area contributed by atoms with Crippen LogP contribution in [0.3, 0.4) is 0 Å². The standard InChI is InChI=1S/C10H15N7O/c1-10(2,18)5-13-8-14-7(11)15-9(16-8)17-4-3-12-6-17/h3-4,6,18H,5H2,1-2H3,(H3,11,13,14,15,16). The van der Waals surface area contributed by atoms with Crippen LogP contribution in [0.15, 0.2) is 18.7 Å². The zero-order valence-corrected chi connectivity index (χ0v) is 10.2. The number of aromatic nitrogens is 5. The predicted octanol–water partition coefficient (Wildman–Crippen LogP) is -0.178. The van der Waals surface area contributed by atoms with Crippen molar-refractivity contribution in [3.05, 3.63) is 18.7 Å². The molecule has 0 fully saturated rings. The molecule has 0 amide bonds. The van der Waals surface area contributed by atoms with Crippen LogP contribution in [-0.4, -0.2) is 41.8 Å².